The fourth-order valence-electron chi connectivity index (χ4n) is 0.731. The summed E-state index contributed by atoms with van der Waals surface area (Å²) in [5.41, 5.74) is 0. The number of carbonyl (C=O) groups is 1. The van der Waals surface area contributed by atoms with Gasteiger partial charge >= 0.3 is 0 Å². The van der Waals surface area contributed by atoms with Crippen LogP contribution in [0.1, 0.15) is 19.8 Å². The van der Waals surface area contributed by atoms with Crippen molar-refractivity contribution in [2.75, 3.05) is 0 Å². The van der Waals surface area contributed by atoms with Crippen molar-refractivity contribution in [3.63, 3.8) is 0 Å². The third-order valence-corrected chi connectivity index (χ3v) is 1.47. The molecule has 1 aliphatic rings. The minimum Gasteiger partial charge on any atom is -0.350 e. The fraction of sp³-hybridized carbons (Fsp3) is 0.444. The molecule has 0 unspecified atom stereocenters. The molecule has 1 saturated carbocycles. The van der Waals surface area contributed by atoms with Gasteiger partial charge < -0.3 is 5.32 Å². The summed E-state index contributed by atoms with van der Waals surface area (Å²) in [4.78, 5) is 10.9. The summed E-state index contributed by atoms with van der Waals surface area (Å²) >= 11 is 0. The average Bonchev–Trinajstić information content (AvgIpc) is 2.72. The fourth-order valence-corrected chi connectivity index (χ4v) is 0.731. The van der Waals surface area contributed by atoms with Crippen molar-refractivity contribution in [2.24, 2.45) is 0 Å². The molecule has 0 saturated heterocycles. The molecule has 0 spiro atoms. The van der Waals surface area contributed by atoms with Crippen molar-refractivity contribution >= 4 is 5.91 Å². The van der Waals surface area contributed by atoms with Gasteiger partial charge in [-0.05, 0) is 19.8 Å². The van der Waals surface area contributed by atoms with Gasteiger partial charge in [-0.25, -0.2) is 0 Å². The van der Waals surface area contributed by atoms with E-state index in [1.165, 1.54) is 0 Å². The van der Waals surface area contributed by atoms with E-state index in [9.17, 15) is 4.79 Å². The maximum absolute atomic E-state index is 10.9. The van der Waals surface area contributed by atoms with Gasteiger partial charge in [0.1, 0.15) is 0 Å². The Kier molecular flexibility index (Phi) is 2.90. The summed E-state index contributed by atoms with van der Waals surface area (Å²) in [6.07, 6.45) is 9.32. The van der Waals surface area contributed by atoms with Crippen LogP contribution in [0.25, 0.3) is 0 Å². The van der Waals surface area contributed by atoms with Gasteiger partial charge in [0.15, 0.2) is 0 Å². The van der Waals surface area contributed by atoms with Crippen LogP contribution in [0, 0.1) is 0 Å². The molecule has 0 heterocycles. The largest absolute Gasteiger partial charge is 0.350 e. The molecule has 11 heavy (non-hydrogen) atoms. The predicted molar refractivity (Wildman–Crippen MR) is 45.1 cm³/mol. The van der Waals surface area contributed by atoms with Gasteiger partial charge in [0.25, 0.3) is 0 Å². The van der Waals surface area contributed by atoms with Crippen LogP contribution < -0.4 is 5.32 Å². The van der Waals surface area contributed by atoms with Crippen molar-refractivity contribution in [3.8, 4) is 0 Å². The van der Waals surface area contributed by atoms with E-state index in [4.69, 9.17) is 0 Å². The summed E-state index contributed by atoms with van der Waals surface area (Å²) in [7, 11) is 0. The third kappa shape index (κ3) is 3.61. The van der Waals surface area contributed by atoms with Crippen LogP contribution in [0.4, 0.5) is 0 Å². The zero-order valence-electron chi connectivity index (χ0n) is 6.71. The highest BCUT2D eigenvalue weighted by molar-refractivity contribution is 5.88. The number of hydrogen-bond acceptors (Lipinski definition) is 1. The maximum atomic E-state index is 10.9. The smallest absolute Gasteiger partial charge is 0.244 e. The zero-order valence-corrected chi connectivity index (χ0v) is 6.71. The summed E-state index contributed by atoms with van der Waals surface area (Å²) < 4.78 is 0. The van der Waals surface area contributed by atoms with Gasteiger partial charge in [0.2, 0.25) is 5.91 Å². The zero-order chi connectivity index (χ0) is 8.10. The lowest BCUT2D eigenvalue weighted by Gasteiger charge is -1.94. The van der Waals surface area contributed by atoms with Gasteiger partial charge in [0.05, 0.1) is 0 Å². The highest BCUT2D eigenvalue weighted by Gasteiger charge is 2.21. The van der Waals surface area contributed by atoms with Crippen LogP contribution in [0.2, 0.25) is 0 Å². The lowest BCUT2D eigenvalue weighted by atomic mass is 10.4. The Bertz CT molecular complexity index is 190. The molecular weight excluding hydrogens is 138 g/mol. The molecule has 0 radical (unpaired) electrons. The quantitative estimate of drug-likeness (QED) is 0.479. The van der Waals surface area contributed by atoms with Gasteiger partial charge in [-0.3, -0.25) is 4.79 Å². The Morgan fingerprint density at radius 3 is 2.73 bits per heavy atom. The Hall–Kier alpha value is -1.05. The number of carbonyl (C=O) groups excluding carboxylic acids is 1. The molecule has 0 aliphatic heterocycles. The monoisotopic (exact) mass is 151 g/mol. The van der Waals surface area contributed by atoms with Crippen LogP contribution in [0.3, 0.4) is 0 Å². The number of nitrogens with one attached hydrogen (secondary N) is 1. The van der Waals surface area contributed by atoms with Gasteiger partial charge in [0, 0.05) is 12.1 Å². The van der Waals surface area contributed by atoms with Crippen LogP contribution in [-0.4, -0.2) is 11.9 Å². The Labute approximate surface area is 67.0 Å². The second-order valence-electron chi connectivity index (χ2n) is 2.67. The third-order valence-electron chi connectivity index (χ3n) is 1.47. The van der Waals surface area contributed by atoms with Crippen LogP contribution in [0.5, 0.6) is 0 Å². The SMILES string of the molecule is CC=CC=CC(=O)NC1CC1. The predicted octanol–water partition coefficient (Wildman–Crippen LogP) is 1.40. The highest BCUT2D eigenvalue weighted by atomic mass is 16.1. The molecule has 60 valence electrons. The molecule has 2 nitrogen and oxygen atoms in total. The molecule has 1 rings (SSSR count). The highest BCUT2D eigenvalue weighted by Crippen LogP contribution is 2.18. The molecule has 0 aromatic rings. The molecule has 1 aliphatic carbocycles. The number of hydrogen-bond donors (Lipinski definition) is 1. The normalized spacial score (nSPS) is 17.9. The number of rotatable bonds is 3. The van der Waals surface area contributed by atoms with Gasteiger partial charge in [-0.15, -0.1) is 0 Å². The summed E-state index contributed by atoms with van der Waals surface area (Å²) in [6, 6.07) is 0.456. The second kappa shape index (κ2) is 3.96. The summed E-state index contributed by atoms with van der Waals surface area (Å²) in [5, 5.41) is 2.85. The minimum atomic E-state index is 0.0191. The topological polar surface area (TPSA) is 29.1 Å². The molecule has 1 amide bonds. The Morgan fingerprint density at radius 1 is 1.45 bits per heavy atom. The number of amides is 1. The second-order valence-corrected chi connectivity index (χ2v) is 2.67. The summed E-state index contributed by atoms with van der Waals surface area (Å²) in [5.74, 6) is 0.0191. The molecular formula is C9H13NO. The number of allylic oxidation sites excluding steroid dienone is 3. The van der Waals surface area contributed by atoms with Crippen molar-refractivity contribution < 1.29 is 4.79 Å². The van der Waals surface area contributed by atoms with Crippen molar-refractivity contribution in [2.45, 2.75) is 25.8 Å². The Balaban J connectivity index is 2.18. The van der Waals surface area contributed by atoms with Crippen molar-refractivity contribution in [1.82, 2.24) is 5.32 Å². The van der Waals surface area contributed by atoms with E-state index in [0.717, 1.165) is 12.8 Å². The van der Waals surface area contributed by atoms with Crippen LogP contribution >= 0.6 is 0 Å². The Morgan fingerprint density at radius 2 is 2.18 bits per heavy atom. The standard InChI is InChI=1S/C9H13NO/c1-2-3-4-5-9(11)10-8-6-7-8/h2-5,8H,6-7H2,1H3,(H,10,11). The van der Waals surface area contributed by atoms with Crippen molar-refractivity contribution in [1.29, 1.82) is 0 Å². The summed E-state index contributed by atoms with van der Waals surface area (Å²) in [6.45, 7) is 1.92. The first-order valence-electron chi connectivity index (χ1n) is 3.93. The van der Waals surface area contributed by atoms with E-state index in [1.807, 2.05) is 19.1 Å². The maximum Gasteiger partial charge on any atom is 0.244 e. The molecule has 0 aromatic carbocycles. The lowest BCUT2D eigenvalue weighted by molar-refractivity contribution is -0.116. The van der Waals surface area contributed by atoms with E-state index < -0.39 is 0 Å². The molecule has 0 bridgehead atoms. The minimum absolute atomic E-state index is 0.0191. The van der Waals surface area contributed by atoms with E-state index >= 15 is 0 Å². The first-order valence-corrected chi connectivity index (χ1v) is 3.93. The van der Waals surface area contributed by atoms with E-state index in [-0.39, 0.29) is 5.91 Å². The van der Waals surface area contributed by atoms with E-state index in [2.05, 4.69) is 5.32 Å². The van der Waals surface area contributed by atoms with E-state index in [0.29, 0.717) is 6.04 Å². The van der Waals surface area contributed by atoms with Crippen LogP contribution in [-0.2, 0) is 4.79 Å². The molecule has 1 fully saturated rings. The molecule has 0 aromatic heterocycles. The lowest BCUT2D eigenvalue weighted by Crippen LogP contribution is -2.22. The van der Waals surface area contributed by atoms with E-state index in [1.54, 1.807) is 12.2 Å². The van der Waals surface area contributed by atoms with Gasteiger partial charge in [-0.2, -0.15) is 0 Å². The van der Waals surface area contributed by atoms with Gasteiger partial charge in [-0.1, -0.05) is 18.2 Å². The first kappa shape index (κ1) is 8.05. The molecule has 1 N–H and O–H groups in total. The van der Waals surface area contributed by atoms with Crippen LogP contribution in [0.15, 0.2) is 24.3 Å². The van der Waals surface area contributed by atoms with Crippen molar-refractivity contribution in [3.05, 3.63) is 24.3 Å². The molecule has 0 atom stereocenters. The molecule has 2 heteroatoms. The first-order chi connectivity index (χ1) is 5.33. The average molecular weight is 151 g/mol.